The summed E-state index contributed by atoms with van der Waals surface area (Å²) in [4.78, 5) is 11.7. The normalized spacial score (nSPS) is 31.3. The van der Waals surface area contributed by atoms with Gasteiger partial charge in [0.2, 0.25) is 5.91 Å². The topological polar surface area (TPSA) is 64.4 Å². The first-order valence-corrected chi connectivity index (χ1v) is 5.93. The van der Waals surface area contributed by atoms with E-state index >= 15 is 0 Å². The maximum absolute atomic E-state index is 11.7. The minimum absolute atomic E-state index is 0.0536. The summed E-state index contributed by atoms with van der Waals surface area (Å²) in [6.07, 6.45) is 5.41. The Morgan fingerprint density at radius 1 is 1.33 bits per heavy atom. The summed E-state index contributed by atoms with van der Waals surface area (Å²) in [6.45, 7) is 1.35. The number of nitrogens with one attached hydrogen (secondary N) is 1. The van der Waals surface area contributed by atoms with Crippen molar-refractivity contribution in [2.45, 2.75) is 44.3 Å². The molecule has 4 heteroatoms. The molecule has 0 aromatic carbocycles. The predicted octanol–water partition coefficient (Wildman–Crippen LogP) is 0.409. The van der Waals surface area contributed by atoms with Gasteiger partial charge in [-0.2, -0.15) is 0 Å². The van der Waals surface area contributed by atoms with Gasteiger partial charge in [-0.3, -0.25) is 4.79 Å². The molecule has 0 aromatic rings. The van der Waals surface area contributed by atoms with Gasteiger partial charge in [-0.1, -0.05) is 6.42 Å². The van der Waals surface area contributed by atoms with Gasteiger partial charge in [-0.05, 0) is 31.6 Å². The second-order valence-corrected chi connectivity index (χ2v) is 4.60. The van der Waals surface area contributed by atoms with Gasteiger partial charge in [0.05, 0.1) is 6.10 Å². The maximum atomic E-state index is 11.7. The van der Waals surface area contributed by atoms with E-state index in [4.69, 9.17) is 10.5 Å². The lowest BCUT2D eigenvalue weighted by atomic mass is 9.85. The Kier molecular flexibility index (Phi) is 3.59. The second kappa shape index (κ2) is 4.94. The van der Waals surface area contributed by atoms with E-state index < -0.39 is 0 Å². The zero-order valence-corrected chi connectivity index (χ0v) is 9.08. The first kappa shape index (κ1) is 10.9. The van der Waals surface area contributed by atoms with Crippen molar-refractivity contribution >= 4 is 5.91 Å². The molecule has 2 aliphatic rings. The Labute approximate surface area is 90.5 Å². The van der Waals surface area contributed by atoms with Crippen LogP contribution < -0.4 is 11.1 Å². The van der Waals surface area contributed by atoms with Crippen LogP contribution in [-0.2, 0) is 9.53 Å². The molecule has 2 atom stereocenters. The van der Waals surface area contributed by atoms with E-state index in [2.05, 4.69) is 5.32 Å². The van der Waals surface area contributed by atoms with E-state index in [1.165, 1.54) is 19.3 Å². The number of amides is 1. The lowest BCUT2D eigenvalue weighted by Crippen LogP contribution is -2.39. The number of hydrogen-bond donors (Lipinski definition) is 2. The summed E-state index contributed by atoms with van der Waals surface area (Å²) in [5.74, 6) is 0.763. The zero-order chi connectivity index (χ0) is 10.7. The number of ether oxygens (including phenoxy) is 1. The molecule has 4 nitrogen and oxygen atoms in total. The van der Waals surface area contributed by atoms with Crippen molar-refractivity contribution in [2.75, 3.05) is 13.1 Å². The third-order valence-electron chi connectivity index (χ3n) is 3.45. The summed E-state index contributed by atoms with van der Waals surface area (Å²) in [7, 11) is 0. The number of carbonyl (C=O) groups excluding carboxylic acids is 1. The largest absolute Gasteiger partial charge is 0.364 e. The van der Waals surface area contributed by atoms with Gasteiger partial charge in [-0.25, -0.2) is 0 Å². The van der Waals surface area contributed by atoms with Crippen LogP contribution >= 0.6 is 0 Å². The molecule has 1 amide bonds. The Balaban J connectivity index is 1.66. The summed E-state index contributed by atoms with van der Waals surface area (Å²) < 4.78 is 5.52. The highest BCUT2D eigenvalue weighted by Gasteiger charge is 2.30. The van der Waals surface area contributed by atoms with E-state index in [0.717, 1.165) is 19.4 Å². The molecule has 1 heterocycles. The van der Waals surface area contributed by atoms with Crippen LogP contribution in [0.15, 0.2) is 0 Å². The molecule has 0 spiro atoms. The first-order valence-electron chi connectivity index (χ1n) is 5.93. The van der Waals surface area contributed by atoms with Crippen molar-refractivity contribution in [3.8, 4) is 0 Å². The summed E-state index contributed by atoms with van der Waals surface area (Å²) in [5, 5.41) is 2.97. The fourth-order valence-corrected chi connectivity index (χ4v) is 2.13. The molecular weight excluding hydrogens is 192 g/mol. The molecule has 1 aliphatic heterocycles. The van der Waals surface area contributed by atoms with Crippen molar-refractivity contribution in [3.05, 3.63) is 0 Å². The molecule has 86 valence electrons. The van der Waals surface area contributed by atoms with Crippen molar-refractivity contribution in [2.24, 2.45) is 11.7 Å². The molecule has 1 saturated heterocycles. The van der Waals surface area contributed by atoms with Crippen molar-refractivity contribution < 1.29 is 9.53 Å². The maximum Gasteiger partial charge on any atom is 0.249 e. The van der Waals surface area contributed by atoms with E-state index in [-0.39, 0.29) is 18.1 Å². The van der Waals surface area contributed by atoms with Crippen LogP contribution in [0.3, 0.4) is 0 Å². The minimum atomic E-state index is -0.251. The van der Waals surface area contributed by atoms with Crippen LogP contribution in [-0.4, -0.2) is 31.2 Å². The first-order chi connectivity index (χ1) is 7.29. The standard InChI is InChI=1S/C11H20N2O2/c12-6-9-4-5-10(15-9)11(14)13-7-8-2-1-3-8/h8-10H,1-7,12H2,(H,13,14). The highest BCUT2D eigenvalue weighted by molar-refractivity contribution is 5.81. The molecule has 2 fully saturated rings. The van der Waals surface area contributed by atoms with Crippen LogP contribution in [0.5, 0.6) is 0 Å². The van der Waals surface area contributed by atoms with Gasteiger partial charge in [0.25, 0.3) is 0 Å². The molecule has 0 aromatic heterocycles. The van der Waals surface area contributed by atoms with Gasteiger partial charge >= 0.3 is 0 Å². The lowest BCUT2D eigenvalue weighted by Gasteiger charge is -2.26. The highest BCUT2D eigenvalue weighted by Crippen LogP contribution is 2.25. The van der Waals surface area contributed by atoms with Gasteiger partial charge in [0, 0.05) is 13.1 Å². The van der Waals surface area contributed by atoms with Crippen LogP contribution in [0.4, 0.5) is 0 Å². The Bertz CT molecular complexity index is 229. The molecule has 0 radical (unpaired) electrons. The molecule has 15 heavy (non-hydrogen) atoms. The van der Waals surface area contributed by atoms with Gasteiger partial charge < -0.3 is 15.8 Å². The average Bonchev–Trinajstić information content (AvgIpc) is 2.63. The molecule has 3 N–H and O–H groups in total. The summed E-state index contributed by atoms with van der Waals surface area (Å²) in [6, 6.07) is 0. The SMILES string of the molecule is NCC1CCC(C(=O)NCC2CCC2)O1. The van der Waals surface area contributed by atoms with Crippen LogP contribution in [0, 0.1) is 5.92 Å². The third-order valence-corrected chi connectivity index (χ3v) is 3.45. The molecule has 1 aliphatic carbocycles. The number of rotatable bonds is 4. The van der Waals surface area contributed by atoms with Crippen molar-refractivity contribution in [3.63, 3.8) is 0 Å². The second-order valence-electron chi connectivity index (χ2n) is 4.60. The Morgan fingerprint density at radius 3 is 2.67 bits per heavy atom. The van der Waals surface area contributed by atoms with E-state index in [9.17, 15) is 4.79 Å². The third kappa shape index (κ3) is 2.69. The van der Waals surface area contributed by atoms with Crippen LogP contribution in [0.2, 0.25) is 0 Å². The zero-order valence-electron chi connectivity index (χ0n) is 9.08. The number of nitrogens with two attached hydrogens (primary N) is 1. The fraction of sp³-hybridized carbons (Fsp3) is 0.909. The van der Waals surface area contributed by atoms with Crippen LogP contribution in [0.1, 0.15) is 32.1 Å². The average molecular weight is 212 g/mol. The minimum Gasteiger partial charge on any atom is -0.364 e. The smallest absolute Gasteiger partial charge is 0.249 e. The lowest BCUT2D eigenvalue weighted by molar-refractivity contribution is -0.132. The Morgan fingerprint density at radius 2 is 2.13 bits per heavy atom. The van der Waals surface area contributed by atoms with E-state index in [1.807, 2.05) is 0 Å². The predicted molar refractivity (Wildman–Crippen MR) is 57.3 cm³/mol. The van der Waals surface area contributed by atoms with E-state index in [1.54, 1.807) is 0 Å². The quantitative estimate of drug-likeness (QED) is 0.709. The van der Waals surface area contributed by atoms with Crippen molar-refractivity contribution in [1.29, 1.82) is 0 Å². The number of hydrogen-bond acceptors (Lipinski definition) is 3. The molecule has 2 unspecified atom stereocenters. The summed E-state index contributed by atoms with van der Waals surface area (Å²) >= 11 is 0. The van der Waals surface area contributed by atoms with Gasteiger partial charge in [0.1, 0.15) is 6.10 Å². The molecule has 1 saturated carbocycles. The fourth-order valence-electron chi connectivity index (χ4n) is 2.13. The van der Waals surface area contributed by atoms with Gasteiger partial charge in [0.15, 0.2) is 0 Å². The van der Waals surface area contributed by atoms with Crippen LogP contribution in [0.25, 0.3) is 0 Å². The van der Waals surface area contributed by atoms with E-state index in [0.29, 0.717) is 12.5 Å². The Hall–Kier alpha value is -0.610. The molecular formula is C11H20N2O2. The monoisotopic (exact) mass is 212 g/mol. The highest BCUT2D eigenvalue weighted by atomic mass is 16.5. The summed E-state index contributed by atoms with van der Waals surface area (Å²) in [5.41, 5.74) is 5.49. The molecule has 0 bridgehead atoms. The van der Waals surface area contributed by atoms with Gasteiger partial charge in [-0.15, -0.1) is 0 Å². The molecule has 2 rings (SSSR count). The van der Waals surface area contributed by atoms with Crippen molar-refractivity contribution in [1.82, 2.24) is 5.32 Å². The number of carbonyl (C=O) groups is 1.